The summed E-state index contributed by atoms with van der Waals surface area (Å²) < 4.78 is 19.6. The Morgan fingerprint density at radius 1 is 0.984 bits per heavy atom. The highest BCUT2D eigenvalue weighted by Gasteiger charge is 2.48. The van der Waals surface area contributed by atoms with E-state index < -0.39 is 11.9 Å². The van der Waals surface area contributed by atoms with E-state index in [2.05, 4.69) is 30.7 Å². The second-order valence-corrected chi connectivity index (χ2v) is 18.4. The first kappa shape index (κ1) is 43.3. The number of anilines is 4. The van der Waals surface area contributed by atoms with Gasteiger partial charge in [0.05, 0.1) is 36.6 Å². The largest absolute Gasteiger partial charge is 0.497 e. The smallest absolute Gasteiger partial charge is 0.293 e. The van der Waals surface area contributed by atoms with E-state index in [-0.39, 0.29) is 65.7 Å². The Kier molecular flexibility index (Phi) is 11.9. The number of halogens is 1. The van der Waals surface area contributed by atoms with Gasteiger partial charge in [-0.3, -0.25) is 29.3 Å². The van der Waals surface area contributed by atoms with Crippen LogP contribution in [-0.2, 0) is 25.7 Å². The molecule has 1 unspecified atom stereocenters. The molecule has 2 aromatic heterocycles. The van der Waals surface area contributed by atoms with E-state index >= 15 is 0 Å². The summed E-state index contributed by atoms with van der Waals surface area (Å²) >= 11 is 6.61. The monoisotopic (exact) mass is 895 g/mol. The van der Waals surface area contributed by atoms with Crippen LogP contribution in [0.5, 0.6) is 11.5 Å². The van der Waals surface area contributed by atoms with Crippen LogP contribution in [0.4, 0.5) is 23.1 Å². The summed E-state index contributed by atoms with van der Waals surface area (Å²) in [6.07, 6.45) is 8.33. The van der Waals surface area contributed by atoms with Gasteiger partial charge in [0.1, 0.15) is 16.8 Å². The van der Waals surface area contributed by atoms with Crippen molar-refractivity contribution in [1.29, 1.82) is 0 Å². The molecule has 1 saturated carbocycles. The van der Waals surface area contributed by atoms with Crippen LogP contribution in [0.15, 0.2) is 47.4 Å². The Hall–Kier alpha value is -5.94. The predicted octanol–water partition coefficient (Wildman–Crippen LogP) is 5.10. The average Bonchev–Trinajstić information content (AvgIpc) is 3.60. The number of rotatable bonds is 12. The molecule has 4 fully saturated rings. The minimum atomic E-state index is -0.666. The van der Waals surface area contributed by atoms with E-state index in [1.54, 1.807) is 34.9 Å². The molecule has 64 heavy (non-hydrogen) atoms. The van der Waals surface area contributed by atoms with Crippen molar-refractivity contribution in [3.63, 3.8) is 0 Å². The molecule has 1 atom stereocenters. The third kappa shape index (κ3) is 8.42. The number of pyridine rings is 1. The number of hydrogen-bond donors (Lipinski definition) is 3. The number of likely N-dealkylation sites (N-methyl/N-ethyl adjacent to an activating group) is 1. The molecule has 4 aliphatic heterocycles. The Balaban J connectivity index is 0.782. The fourth-order valence-electron chi connectivity index (χ4n) is 10.0. The molecule has 6 heterocycles. The van der Waals surface area contributed by atoms with Gasteiger partial charge < -0.3 is 44.1 Å². The number of carbonyl (C=O) groups excluding carboxylic acids is 4. The SMILES string of the molecule is CNC(=O)COc1cc2cc(Nc3nc(N4CCC(OC5CCC6(CC5)CN(c5cc(OC)cc7c5CN(C5CCC(=O)NC5=O)C7=O)C6)CC4)ncc3Cl)ccc2n(C(C)C)c1=O. The maximum atomic E-state index is 13.6. The Morgan fingerprint density at radius 3 is 2.44 bits per heavy atom. The fraction of sp³-hybridized carbons (Fsp3) is 0.500. The molecule has 9 rings (SSSR count). The molecule has 17 nitrogen and oxygen atoms in total. The van der Waals surface area contributed by atoms with Gasteiger partial charge in [-0.05, 0) is 89.1 Å². The number of nitrogens with zero attached hydrogens (tertiary/aromatic N) is 6. The van der Waals surface area contributed by atoms with Crippen molar-refractivity contribution in [2.45, 2.75) is 96.1 Å². The number of fused-ring (bicyclic) bond motifs is 2. The van der Waals surface area contributed by atoms with Crippen molar-refractivity contribution >= 4 is 69.3 Å². The van der Waals surface area contributed by atoms with E-state index in [4.69, 9.17) is 30.8 Å². The minimum absolute atomic E-state index is 0.0892. The average molecular weight is 896 g/mol. The van der Waals surface area contributed by atoms with Crippen LogP contribution in [0.25, 0.3) is 10.9 Å². The molecule has 4 aromatic rings. The lowest BCUT2D eigenvalue weighted by molar-refractivity contribution is -0.137. The Morgan fingerprint density at radius 2 is 1.73 bits per heavy atom. The topological polar surface area (TPSA) is 190 Å². The number of carbonyl (C=O) groups is 4. The lowest BCUT2D eigenvalue weighted by Crippen LogP contribution is -2.58. The third-order valence-electron chi connectivity index (χ3n) is 13.5. The molecule has 5 aliphatic rings. The van der Waals surface area contributed by atoms with Crippen LogP contribution in [0.1, 0.15) is 87.2 Å². The van der Waals surface area contributed by atoms with Crippen LogP contribution in [-0.4, -0.2) is 108 Å². The maximum absolute atomic E-state index is 13.6. The van der Waals surface area contributed by atoms with Crippen LogP contribution in [0, 0.1) is 5.41 Å². The second-order valence-electron chi connectivity index (χ2n) is 18.0. The van der Waals surface area contributed by atoms with Gasteiger partial charge in [-0.1, -0.05) is 11.6 Å². The predicted molar refractivity (Wildman–Crippen MR) is 241 cm³/mol. The van der Waals surface area contributed by atoms with E-state index in [0.717, 1.165) is 86.9 Å². The quantitative estimate of drug-likeness (QED) is 0.160. The molecule has 3 saturated heterocycles. The van der Waals surface area contributed by atoms with Gasteiger partial charge in [0.15, 0.2) is 18.2 Å². The van der Waals surface area contributed by atoms with Crippen molar-refractivity contribution in [3.05, 3.63) is 69.1 Å². The van der Waals surface area contributed by atoms with Crippen molar-refractivity contribution in [3.8, 4) is 11.5 Å². The molecule has 0 bridgehead atoms. The van der Waals surface area contributed by atoms with Crippen LogP contribution < -0.4 is 40.8 Å². The Labute approximate surface area is 375 Å². The van der Waals surface area contributed by atoms with E-state index in [1.165, 1.54) is 7.05 Å². The molecule has 1 aliphatic carbocycles. The molecule has 1 spiro atoms. The molecule has 0 radical (unpaired) electrons. The lowest BCUT2D eigenvalue weighted by Gasteiger charge is -2.55. The highest BCUT2D eigenvalue weighted by molar-refractivity contribution is 6.33. The zero-order chi connectivity index (χ0) is 44.9. The number of benzene rings is 2. The van der Waals surface area contributed by atoms with E-state index in [1.807, 2.05) is 38.1 Å². The first-order chi connectivity index (χ1) is 30.8. The van der Waals surface area contributed by atoms with Gasteiger partial charge in [0, 0.05) is 86.0 Å². The lowest BCUT2D eigenvalue weighted by atomic mass is 9.67. The van der Waals surface area contributed by atoms with Crippen LogP contribution in [0.2, 0.25) is 5.02 Å². The summed E-state index contributed by atoms with van der Waals surface area (Å²) in [4.78, 5) is 78.7. The Bertz CT molecular complexity index is 2560. The standard InChI is InChI=1S/C46H54ClN9O8/c1-26(2)56-35-6-5-28(17-27(35)18-38(44(56)61)63-23-40(58)48-3)50-41-34(47)21-49-45(52-41)53-15-11-30(12-16-53)64-29-9-13-46(14-10-29)24-54(25-46)37-20-31(62-4)19-32-33(37)22-55(43(32)60)36-7-8-39(57)51-42(36)59/h5-6,17-21,26,29-30,36H,7-16,22-25H2,1-4H3,(H,48,58)(H,49,50,52)(H,51,57,59). The summed E-state index contributed by atoms with van der Waals surface area (Å²) in [6.45, 7) is 7.17. The number of piperidine rings is 2. The molecular formula is C46H54ClN9O8. The zero-order valence-electron chi connectivity index (χ0n) is 36.6. The fourth-order valence-corrected chi connectivity index (χ4v) is 10.2. The highest BCUT2D eigenvalue weighted by atomic mass is 35.5. The second kappa shape index (κ2) is 17.6. The number of aromatic nitrogens is 3. The number of amides is 4. The first-order valence-corrected chi connectivity index (χ1v) is 22.5. The summed E-state index contributed by atoms with van der Waals surface area (Å²) in [5.74, 6) is 0.486. The number of ether oxygens (including phenoxy) is 3. The van der Waals surface area contributed by atoms with Crippen molar-refractivity contribution < 1.29 is 33.4 Å². The zero-order valence-corrected chi connectivity index (χ0v) is 37.3. The van der Waals surface area contributed by atoms with Crippen LogP contribution >= 0.6 is 11.6 Å². The van der Waals surface area contributed by atoms with Gasteiger partial charge in [-0.2, -0.15) is 4.98 Å². The molecule has 338 valence electrons. The van der Waals surface area contributed by atoms with Gasteiger partial charge >= 0.3 is 0 Å². The highest BCUT2D eigenvalue weighted by Crippen LogP contribution is 2.49. The van der Waals surface area contributed by atoms with Crippen molar-refractivity contribution in [1.82, 2.24) is 30.1 Å². The van der Waals surface area contributed by atoms with Crippen molar-refractivity contribution in [2.75, 3.05) is 62.1 Å². The van der Waals surface area contributed by atoms with E-state index in [0.29, 0.717) is 46.8 Å². The van der Waals surface area contributed by atoms with Gasteiger partial charge in [0.2, 0.25) is 17.8 Å². The number of imide groups is 1. The summed E-state index contributed by atoms with van der Waals surface area (Å²) in [5, 5.41) is 9.35. The number of nitrogens with one attached hydrogen (secondary N) is 3. The molecule has 18 heteroatoms. The van der Waals surface area contributed by atoms with Crippen LogP contribution in [0.3, 0.4) is 0 Å². The summed E-state index contributed by atoms with van der Waals surface area (Å²) in [6, 6.07) is 10.2. The van der Waals surface area contributed by atoms with E-state index in [9.17, 15) is 24.0 Å². The van der Waals surface area contributed by atoms with Gasteiger partial charge in [-0.15, -0.1) is 0 Å². The van der Waals surface area contributed by atoms with Gasteiger partial charge in [0.25, 0.3) is 17.4 Å². The summed E-state index contributed by atoms with van der Waals surface area (Å²) in [5.41, 5.74) is 3.78. The minimum Gasteiger partial charge on any atom is -0.497 e. The molecule has 2 aromatic carbocycles. The number of methoxy groups -OCH3 is 1. The normalized spacial score (nSPS) is 20.1. The third-order valence-corrected chi connectivity index (χ3v) is 13.8. The van der Waals surface area contributed by atoms with Crippen molar-refractivity contribution in [2.24, 2.45) is 5.41 Å². The molecule has 4 amide bonds. The summed E-state index contributed by atoms with van der Waals surface area (Å²) in [7, 11) is 3.11. The molecular weight excluding hydrogens is 842 g/mol. The van der Waals surface area contributed by atoms with Gasteiger partial charge in [-0.25, -0.2) is 4.98 Å². The maximum Gasteiger partial charge on any atom is 0.293 e. The molecule has 3 N–H and O–H groups in total. The first-order valence-electron chi connectivity index (χ1n) is 22.1. The number of hydrogen-bond acceptors (Lipinski definition) is 13.